The molecule has 0 aliphatic rings. The zero-order valence-electron chi connectivity index (χ0n) is 12.5. The summed E-state index contributed by atoms with van der Waals surface area (Å²) in [7, 11) is 0. The van der Waals surface area contributed by atoms with Crippen LogP contribution in [0, 0.1) is 20.8 Å². The molecule has 4 heteroatoms. The number of nitrogens with two attached hydrogens (primary N) is 1. The standard InChI is InChI=1S/C17H19N3O/c1-10-4-5-14-13(7-10)8-15(21-14)17(20-18)16-12(3)6-11(2)9-19-16/h4-9,17,20H,18H2,1-3H3. The van der Waals surface area contributed by atoms with Crippen molar-refractivity contribution >= 4 is 11.0 Å². The number of nitrogens with zero attached hydrogens (tertiary/aromatic N) is 1. The molecule has 0 amide bonds. The van der Waals surface area contributed by atoms with Crippen molar-refractivity contribution in [2.75, 3.05) is 0 Å². The molecular formula is C17H19N3O. The van der Waals surface area contributed by atoms with Crippen LogP contribution in [0.5, 0.6) is 0 Å². The third-order valence-electron chi connectivity index (χ3n) is 3.67. The van der Waals surface area contributed by atoms with Crippen molar-refractivity contribution in [3.63, 3.8) is 0 Å². The van der Waals surface area contributed by atoms with Crippen LogP contribution in [-0.2, 0) is 0 Å². The van der Waals surface area contributed by atoms with Crippen LogP contribution < -0.4 is 11.3 Å². The number of fused-ring (bicyclic) bond motifs is 1. The normalized spacial score (nSPS) is 12.8. The lowest BCUT2D eigenvalue weighted by Gasteiger charge is -2.15. The molecule has 2 heterocycles. The van der Waals surface area contributed by atoms with Gasteiger partial charge in [0.2, 0.25) is 0 Å². The van der Waals surface area contributed by atoms with E-state index in [1.165, 1.54) is 5.56 Å². The van der Waals surface area contributed by atoms with Gasteiger partial charge in [-0.05, 0) is 50.1 Å². The van der Waals surface area contributed by atoms with Crippen molar-refractivity contribution in [2.45, 2.75) is 26.8 Å². The van der Waals surface area contributed by atoms with Crippen LogP contribution in [0.25, 0.3) is 11.0 Å². The predicted octanol–water partition coefficient (Wildman–Crippen LogP) is 3.31. The molecule has 108 valence electrons. The lowest BCUT2D eigenvalue weighted by Crippen LogP contribution is -2.29. The first kappa shape index (κ1) is 13.8. The largest absolute Gasteiger partial charge is 0.459 e. The number of benzene rings is 1. The molecule has 1 aromatic carbocycles. The van der Waals surface area contributed by atoms with Crippen LogP contribution in [0.1, 0.15) is 34.2 Å². The maximum atomic E-state index is 5.93. The second kappa shape index (κ2) is 5.31. The van der Waals surface area contributed by atoms with E-state index in [0.29, 0.717) is 0 Å². The van der Waals surface area contributed by atoms with Crippen molar-refractivity contribution in [3.05, 3.63) is 64.7 Å². The zero-order chi connectivity index (χ0) is 15.0. The second-order valence-electron chi connectivity index (χ2n) is 5.50. The molecule has 0 saturated heterocycles. The van der Waals surface area contributed by atoms with Gasteiger partial charge in [0.1, 0.15) is 17.4 Å². The molecule has 0 saturated carbocycles. The summed E-state index contributed by atoms with van der Waals surface area (Å²) in [6.07, 6.45) is 1.85. The molecule has 3 N–H and O–H groups in total. The average molecular weight is 281 g/mol. The molecule has 21 heavy (non-hydrogen) atoms. The summed E-state index contributed by atoms with van der Waals surface area (Å²) >= 11 is 0. The van der Waals surface area contributed by atoms with Crippen molar-refractivity contribution in [1.29, 1.82) is 0 Å². The van der Waals surface area contributed by atoms with Gasteiger partial charge in [-0.1, -0.05) is 17.7 Å². The lowest BCUT2D eigenvalue weighted by molar-refractivity contribution is 0.470. The molecule has 0 radical (unpaired) electrons. The number of hydrogen-bond donors (Lipinski definition) is 2. The van der Waals surface area contributed by atoms with Gasteiger partial charge >= 0.3 is 0 Å². The highest BCUT2D eigenvalue weighted by atomic mass is 16.3. The van der Waals surface area contributed by atoms with Gasteiger partial charge in [0.25, 0.3) is 0 Å². The van der Waals surface area contributed by atoms with E-state index in [4.69, 9.17) is 10.3 Å². The van der Waals surface area contributed by atoms with Crippen LogP contribution >= 0.6 is 0 Å². The van der Waals surface area contributed by atoms with Gasteiger partial charge in [-0.15, -0.1) is 0 Å². The Kier molecular flexibility index (Phi) is 3.49. The molecule has 0 aliphatic carbocycles. The van der Waals surface area contributed by atoms with E-state index in [2.05, 4.69) is 29.5 Å². The number of nitrogens with one attached hydrogen (secondary N) is 1. The smallest absolute Gasteiger partial charge is 0.134 e. The Balaban J connectivity index is 2.09. The van der Waals surface area contributed by atoms with E-state index in [9.17, 15) is 0 Å². The summed E-state index contributed by atoms with van der Waals surface area (Å²) in [5.74, 6) is 6.52. The summed E-state index contributed by atoms with van der Waals surface area (Å²) in [4.78, 5) is 4.51. The van der Waals surface area contributed by atoms with Gasteiger partial charge in [-0.3, -0.25) is 10.8 Å². The average Bonchev–Trinajstić information content (AvgIpc) is 2.84. The summed E-state index contributed by atoms with van der Waals surface area (Å²) in [6.45, 7) is 6.13. The van der Waals surface area contributed by atoms with Gasteiger partial charge in [-0.25, -0.2) is 5.43 Å². The quantitative estimate of drug-likeness (QED) is 0.571. The van der Waals surface area contributed by atoms with Crippen LogP contribution in [0.3, 0.4) is 0 Å². The molecule has 1 atom stereocenters. The molecule has 2 aromatic heterocycles. The first-order valence-corrected chi connectivity index (χ1v) is 6.98. The fourth-order valence-corrected chi connectivity index (χ4v) is 2.65. The van der Waals surface area contributed by atoms with E-state index in [0.717, 1.165) is 33.6 Å². The Morgan fingerprint density at radius 2 is 1.90 bits per heavy atom. The highest BCUT2D eigenvalue weighted by Crippen LogP contribution is 2.29. The molecule has 3 rings (SSSR count). The summed E-state index contributed by atoms with van der Waals surface area (Å²) in [5.41, 5.74) is 7.99. The van der Waals surface area contributed by atoms with Crippen molar-refractivity contribution in [2.24, 2.45) is 5.84 Å². The Hall–Kier alpha value is -2.17. The number of aryl methyl sites for hydroxylation is 3. The SMILES string of the molecule is Cc1cnc(C(NN)c2cc3cc(C)ccc3o2)c(C)c1. The fourth-order valence-electron chi connectivity index (χ4n) is 2.65. The molecule has 3 aromatic rings. The molecule has 1 unspecified atom stereocenters. The number of hydrazine groups is 1. The number of pyridine rings is 1. The molecule has 0 fully saturated rings. The number of furan rings is 1. The van der Waals surface area contributed by atoms with E-state index in [-0.39, 0.29) is 6.04 Å². The molecule has 4 nitrogen and oxygen atoms in total. The van der Waals surface area contributed by atoms with Crippen LogP contribution in [0.4, 0.5) is 0 Å². The van der Waals surface area contributed by atoms with Crippen molar-refractivity contribution in [1.82, 2.24) is 10.4 Å². The number of aromatic nitrogens is 1. The fraction of sp³-hybridized carbons (Fsp3) is 0.235. The third kappa shape index (κ3) is 2.55. The predicted molar refractivity (Wildman–Crippen MR) is 83.8 cm³/mol. The number of rotatable bonds is 3. The Morgan fingerprint density at radius 3 is 2.62 bits per heavy atom. The van der Waals surface area contributed by atoms with Gasteiger partial charge in [0, 0.05) is 11.6 Å². The van der Waals surface area contributed by atoms with Gasteiger partial charge in [0.15, 0.2) is 0 Å². The van der Waals surface area contributed by atoms with E-state index in [1.54, 1.807) is 0 Å². The first-order valence-electron chi connectivity index (χ1n) is 6.98. The summed E-state index contributed by atoms with van der Waals surface area (Å²) < 4.78 is 5.93. The minimum atomic E-state index is -0.252. The highest BCUT2D eigenvalue weighted by Gasteiger charge is 2.20. The van der Waals surface area contributed by atoms with Gasteiger partial charge in [-0.2, -0.15) is 0 Å². The number of hydrogen-bond acceptors (Lipinski definition) is 4. The van der Waals surface area contributed by atoms with Gasteiger partial charge in [0.05, 0.1) is 5.69 Å². The summed E-state index contributed by atoms with van der Waals surface area (Å²) in [6, 6.07) is 9.99. The molecule has 0 bridgehead atoms. The minimum Gasteiger partial charge on any atom is -0.459 e. The molecule has 0 aliphatic heterocycles. The van der Waals surface area contributed by atoms with Crippen LogP contribution in [-0.4, -0.2) is 4.98 Å². The monoisotopic (exact) mass is 281 g/mol. The minimum absolute atomic E-state index is 0.252. The Bertz CT molecular complexity index is 792. The molecular weight excluding hydrogens is 262 g/mol. The van der Waals surface area contributed by atoms with E-state index >= 15 is 0 Å². The third-order valence-corrected chi connectivity index (χ3v) is 3.67. The maximum Gasteiger partial charge on any atom is 0.134 e. The maximum absolute atomic E-state index is 5.93. The Morgan fingerprint density at radius 1 is 1.10 bits per heavy atom. The van der Waals surface area contributed by atoms with Crippen LogP contribution in [0.15, 0.2) is 40.9 Å². The van der Waals surface area contributed by atoms with Crippen molar-refractivity contribution in [3.8, 4) is 0 Å². The zero-order valence-corrected chi connectivity index (χ0v) is 12.5. The lowest BCUT2D eigenvalue weighted by atomic mass is 10.0. The highest BCUT2D eigenvalue weighted by molar-refractivity contribution is 5.78. The second-order valence-corrected chi connectivity index (χ2v) is 5.50. The topological polar surface area (TPSA) is 64.1 Å². The van der Waals surface area contributed by atoms with E-state index in [1.807, 2.05) is 38.2 Å². The van der Waals surface area contributed by atoms with Gasteiger partial charge < -0.3 is 4.42 Å². The first-order chi connectivity index (χ1) is 10.1. The van der Waals surface area contributed by atoms with Crippen molar-refractivity contribution < 1.29 is 4.42 Å². The summed E-state index contributed by atoms with van der Waals surface area (Å²) in [5, 5.41) is 1.08. The Labute approximate surface area is 124 Å². The van der Waals surface area contributed by atoms with Crippen LogP contribution in [0.2, 0.25) is 0 Å². The van der Waals surface area contributed by atoms with E-state index < -0.39 is 0 Å². The molecule has 0 spiro atoms.